The van der Waals surface area contributed by atoms with Gasteiger partial charge < -0.3 is 10.6 Å². The van der Waals surface area contributed by atoms with Crippen LogP contribution < -0.4 is 10.6 Å². The van der Waals surface area contributed by atoms with E-state index in [2.05, 4.69) is 17.6 Å². The van der Waals surface area contributed by atoms with Crippen LogP contribution in [-0.4, -0.2) is 63.3 Å². The molecule has 0 aromatic rings. The quantitative estimate of drug-likeness (QED) is 0.496. The molecule has 2 unspecified atom stereocenters. The summed E-state index contributed by atoms with van der Waals surface area (Å²) in [6.07, 6.45) is 2.31. The SMILES string of the molecule is CCCCNCC(C)C(=O)CN(C)CC(C)C(=O)CNC. The van der Waals surface area contributed by atoms with Crippen LogP contribution in [0.15, 0.2) is 0 Å². The van der Waals surface area contributed by atoms with E-state index < -0.39 is 0 Å². The largest absolute Gasteiger partial charge is 0.316 e. The normalized spacial score (nSPS) is 14.2. The van der Waals surface area contributed by atoms with Gasteiger partial charge in [-0.05, 0) is 27.1 Å². The zero-order valence-corrected chi connectivity index (χ0v) is 14.4. The van der Waals surface area contributed by atoms with Gasteiger partial charge in [0, 0.05) is 24.9 Å². The third-order valence-electron chi connectivity index (χ3n) is 3.62. The predicted octanol–water partition coefficient (Wildman–Crippen LogP) is 0.938. The molecule has 0 rings (SSSR count). The molecule has 0 spiro atoms. The molecule has 5 nitrogen and oxygen atoms in total. The van der Waals surface area contributed by atoms with Crippen molar-refractivity contribution in [3.05, 3.63) is 0 Å². The van der Waals surface area contributed by atoms with Crippen molar-refractivity contribution in [2.24, 2.45) is 11.8 Å². The van der Waals surface area contributed by atoms with E-state index in [1.807, 2.05) is 25.8 Å². The highest BCUT2D eigenvalue weighted by Crippen LogP contribution is 2.03. The number of unbranched alkanes of at least 4 members (excludes halogenated alkanes) is 1. The van der Waals surface area contributed by atoms with Crippen molar-refractivity contribution in [3.8, 4) is 0 Å². The van der Waals surface area contributed by atoms with Gasteiger partial charge in [0.05, 0.1) is 13.1 Å². The molecular weight excluding hydrogens is 266 g/mol. The molecule has 0 fully saturated rings. The highest BCUT2D eigenvalue weighted by molar-refractivity contribution is 5.84. The molecule has 0 heterocycles. The molecule has 2 atom stereocenters. The van der Waals surface area contributed by atoms with Gasteiger partial charge in [-0.3, -0.25) is 14.5 Å². The number of Topliss-reactive ketones (excluding diaryl/α,β-unsaturated/α-hetero) is 2. The number of ketones is 2. The summed E-state index contributed by atoms with van der Waals surface area (Å²) in [5.41, 5.74) is 0. The van der Waals surface area contributed by atoms with E-state index in [1.54, 1.807) is 7.05 Å². The first kappa shape index (κ1) is 20.2. The standard InChI is InChI=1S/C16H33N3O2/c1-6-7-8-18-9-13(2)16(21)12-19(5)11-14(3)15(20)10-17-4/h13-14,17-18H,6-12H2,1-5H3. The molecule has 0 amide bonds. The predicted molar refractivity (Wildman–Crippen MR) is 87.5 cm³/mol. The molecule has 0 aliphatic heterocycles. The Morgan fingerprint density at radius 1 is 1.14 bits per heavy atom. The van der Waals surface area contributed by atoms with Crippen molar-refractivity contribution in [2.75, 3.05) is 46.8 Å². The van der Waals surface area contributed by atoms with Crippen molar-refractivity contribution in [1.82, 2.24) is 15.5 Å². The lowest BCUT2D eigenvalue weighted by atomic mass is 10.0. The van der Waals surface area contributed by atoms with Gasteiger partial charge >= 0.3 is 0 Å². The van der Waals surface area contributed by atoms with Crippen LogP contribution in [0.3, 0.4) is 0 Å². The minimum absolute atomic E-state index is 0.0209. The molecule has 0 aliphatic carbocycles. The molecule has 0 radical (unpaired) electrons. The van der Waals surface area contributed by atoms with E-state index in [4.69, 9.17) is 0 Å². The van der Waals surface area contributed by atoms with Crippen molar-refractivity contribution >= 4 is 11.6 Å². The fraction of sp³-hybridized carbons (Fsp3) is 0.875. The lowest BCUT2D eigenvalue weighted by Gasteiger charge is -2.21. The van der Waals surface area contributed by atoms with Crippen molar-refractivity contribution < 1.29 is 9.59 Å². The number of nitrogens with zero attached hydrogens (tertiary/aromatic N) is 1. The number of hydrogen-bond donors (Lipinski definition) is 2. The molecule has 21 heavy (non-hydrogen) atoms. The van der Waals surface area contributed by atoms with Gasteiger partial charge in [-0.1, -0.05) is 27.2 Å². The molecule has 0 saturated heterocycles. The summed E-state index contributed by atoms with van der Waals surface area (Å²) in [5.74, 6) is 0.390. The average Bonchev–Trinajstić information content (AvgIpc) is 2.43. The number of nitrogens with one attached hydrogen (secondary N) is 2. The molecule has 5 heteroatoms. The highest BCUT2D eigenvalue weighted by Gasteiger charge is 2.18. The van der Waals surface area contributed by atoms with Gasteiger partial charge in [0.15, 0.2) is 11.6 Å². The fourth-order valence-corrected chi connectivity index (χ4v) is 2.14. The molecule has 0 aromatic heterocycles. The number of carbonyl (C=O) groups excluding carboxylic acids is 2. The van der Waals surface area contributed by atoms with Gasteiger partial charge in [-0.15, -0.1) is 0 Å². The van der Waals surface area contributed by atoms with Gasteiger partial charge in [0.2, 0.25) is 0 Å². The lowest BCUT2D eigenvalue weighted by Crippen LogP contribution is -2.38. The minimum Gasteiger partial charge on any atom is -0.316 e. The summed E-state index contributed by atoms with van der Waals surface area (Å²) in [4.78, 5) is 25.8. The maximum Gasteiger partial charge on any atom is 0.150 e. The zero-order valence-electron chi connectivity index (χ0n) is 14.4. The Labute approximate surface area is 129 Å². The van der Waals surface area contributed by atoms with Gasteiger partial charge in [-0.25, -0.2) is 0 Å². The summed E-state index contributed by atoms with van der Waals surface area (Å²) in [5, 5.41) is 6.19. The monoisotopic (exact) mass is 299 g/mol. The van der Waals surface area contributed by atoms with Crippen LogP contribution in [0, 0.1) is 11.8 Å². The number of rotatable bonds is 13. The Morgan fingerprint density at radius 2 is 1.81 bits per heavy atom. The van der Waals surface area contributed by atoms with Gasteiger partial charge in [0.25, 0.3) is 0 Å². The maximum atomic E-state index is 12.1. The molecule has 0 aromatic carbocycles. The third kappa shape index (κ3) is 9.72. The maximum absolute atomic E-state index is 12.1. The summed E-state index contributed by atoms with van der Waals surface area (Å²) in [6, 6.07) is 0. The van der Waals surface area contributed by atoms with Crippen LogP contribution in [0.5, 0.6) is 0 Å². The Hall–Kier alpha value is -0.780. The van der Waals surface area contributed by atoms with Crippen LogP contribution in [0.1, 0.15) is 33.6 Å². The number of carbonyl (C=O) groups is 2. The van der Waals surface area contributed by atoms with Crippen LogP contribution in [0.25, 0.3) is 0 Å². The Bertz CT molecular complexity index is 308. The zero-order chi connectivity index (χ0) is 16.3. The molecular formula is C16H33N3O2. The topological polar surface area (TPSA) is 61.4 Å². The van der Waals surface area contributed by atoms with Crippen molar-refractivity contribution in [2.45, 2.75) is 33.6 Å². The molecule has 0 aliphatic rings. The molecule has 0 bridgehead atoms. The van der Waals surface area contributed by atoms with Crippen LogP contribution >= 0.6 is 0 Å². The second-order valence-electron chi connectivity index (χ2n) is 6.02. The average molecular weight is 299 g/mol. The Kier molecular flexibility index (Phi) is 11.4. The van der Waals surface area contributed by atoms with Crippen LogP contribution in [0.2, 0.25) is 0 Å². The van der Waals surface area contributed by atoms with Crippen LogP contribution in [-0.2, 0) is 9.59 Å². The van der Waals surface area contributed by atoms with Crippen LogP contribution in [0.4, 0.5) is 0 Å². The highest BCUT2D eigenvalue weighted by atomic mass is 16.1. The molecule has 124 valence electrons. The first-order chi connectivity index (χ1) is 9.92. The second kappa shape index (κ2) is 11.8. The molecule has 2 N–H and O–H groups in total. The van der Waals surface area contributed by atoms with Crippen molar-refractivity contribution in [1.29, 1.82) is 0 Å². The van der Waals surface area contributed by atoms with Gasteiger partial charge in [-0.2, -0.15) is 0 Å². The summed E-state index contributed by atoms with van der Waals surface area (Å²) >= 11 is 0. The number of likely N-dealkylation sites (N-methyl/N-ethyl adjacent to an activating group) is 2. The van der Waals surface area contributed by atoms with E-state index in [1.165, 1.54) is 0 Å². The second-order valence-corrected chi connectivity index (χ2v) is 6.02. The number of hydrogen-bond acceptors (Lipinski definition) is 5. The Morgan fingerprint density at radius 3 is 2.38 bits per heavy atom. The van der Waals surface area contributed by atoms with E-state index in [0.29, 0.717) is 19.6 Å². The molecule has 0 saturated carbocycles. The lowest BCUT2D eigenvalue weighted by molar-refractivity contribution is -0.125. The van der Waals surface area contributed by atoms with Gasteiger partial charge in [0.1, 0.15) is 0 Å². The minimum atomic E-state index is -0.0479. The Balaban J connectivity index is 3.99. The summed E-state index contributed by atoms with van der Waals surface area (Å²) < 4.78 is 0. The fourth-order valence-electron chi connectivity index (χ4n) is 2.14. The smallest absolute Gasteiger partial charge is 0.150 e. The van der Waals surface area contributed by atoms with E-state index in [-0.39, 0.29) is 23.4 Å². The summed E-state index contributed by atoms with van der Waals surface area (Å²) in [7, 11) is 3.67. The summed E-state index contributed by atoms with van der Waals surface area (Å²) in [6.45, 7) is 9.17. The first-order valence-corrected chi connectivity index (χ1v) is 8.01. The van der Waals surface area contributed by atoms with E-state index in [9.17, 15) is 9.59 Å². The van der Waals surface area contributed by atoms with Crippen molar-refractivity contribution in [3.63, 3.8) is 0 Å². The van der Waals surface area contributed by atoms with E-state index >= 15 is 0 Å². The third-order valence-corrected chi connectivity index (χ3v) is 3.62. The first-order valence-electron chi connectivity index (χ1n) is 8.01. The van der Waals surface area contributed by atoms with E-state index in [0.717, 1.165) is 25.9 Å².